The number of rotatable bonds is 5. The molecule has 2 aromatic rings. The molecule has 0 saturated carbocycles. The lowest BCUT2D eigenvalue weighted by Gasteiger charge is -2.12. The molecule has 0 aliphatic carbocycles. The van der Waals surface area contributed by atoms with Gasteiger partial charge in [-0.1, -0.05) is 6.92 Å². The highest BCUT2D eigenvalue weighted by Gasteiger charge is 2.11. The second kappa shape index (κ2) is 6.47. The number of aromatic nitrogens is 2. The van der Waals surface area contributed by atoms with E-state index in [4.69, 9.17) is 0 Å². The van der Waals surface area contributed by atoms with Crippen LogP contribution in [-0.4, -0.2) is 23.6 Å². The smallest absolute Gasteiger partial charge is 0.387 e. The van der Waals surface area contributed by atoms with Crippen LogP contribution in [0.15, 0.2) is 24.3 Å². The van der Waals surface area contributed by atoms with E-state index in [0.717, 1.165) is 29.1 Å². The lowest BCUT2D eigenvalue weighted by atomic mass is 10.1. The van der Waals surface area contributed by atoms with Crippen LogP contribution < -0.4 is 10.1 Å². The van der Waals surface area contributed by atoms with Crippen molar-refractivity contribution in [2.24, 2.45) is 0 Å². The highest BCUT2D eigenvalue weighted by molar-refractivity contribution is 5.60. The largest absolute Gasteiger partial charge is 0.435 e. The van der Waals surface area contributed by atoms with Crippen molar-refractivity contribution in [3.8, 4) is 17.1 Å². The summed E-state index contributed by atoms with van der Waals surface area (Å²) < 4.78 is 28.6. The monoisotopic (exact) mass is 293 g/mol. The van der Waals surface area contributed by atoms with Crippen LogP contribution in [0.2, 0.25) is 0 Å². The molecule has 0 aliphatic heterocycles. The van der Waals surface area contributed by atoms with E-state index in [1.807, 2.05) is 20.9 Å². The van der Waals surface area contributed by atoms with E-state index in [2.05, 4.69) is 20.0 Å². The van der Waals surface area contributed by atoms with Crippen LogP contribution in [0.4, 0.5) is 14.6 Å². The Morgan fingerprint density at radius 3 is 2.38 bits per heavy atom. The zero-order chi connectivity index (χ0) is 15.4. The molecule has 1 N–H and O–H groups in total. The first-order valence-corrected chi connectivity index (χ1v) is 6.65. The first-order valence-electron chi connectivity index (χ1n) is 6.65. The van der Waals surface area contributed by atoms with Gasteiger partial charge >= 0.3 is 6.61 Å². The summed E-state index contributed by atoms with van der Waals surface area (Å²) in [5, 5.41) is 3.06. The third-order valence-corrected chi connectivity index (χ3v) is 3.14. The number of nitrogens with one attached hydrogen (secondary N) is 1. The molecule has 0 bridgehead atoms. The van der Waals surface area contributed by atoms with Gasteiger partial charge in [-0.25, -0.2) is 9.97 Å². The molecule has 0 saturated heterocycles. The van der Waals surface area contributed by atoms with Crippen molar-refractivity contribution >= 4 is 5.82 Å². The fourth-order valence-electron chi connectivity index (χ4n) is 2.14. The van der Waals surface area contributed by atoms with E-state index in [-0.39, 0.29) is 5.75 Å². The van der Waals surface area contributed by atoms with E-state index in [1.54, 1.807) is 12.1 Å². The zero-order valence-corrected chi connectivity index (χ0v) is 12.2. The molecule has 1 heterocycles. The molecule has 1 aromatic heterocycles. The van der Waals surface area contributed by atoms with Crippen molar-refractivity contribution < 1.29 is 13.5 Å². The first-order chi connectivity index (χ1) is 10.0. The van der Waals surface area contributed by atoms with Crippen molar-refractivity contribution in [1.29, 1.82) is 0 Å². The van der Waals surface area contributed by atoms with E-state index in [0.29, 0.717) is 5.82 Å². The Labute approximate surface area is 122 Å². The predicted molar refractivity (Wildman–Crippen MR) is 77.8 cm³/mol. The second-order valence-electron chi connectivity index (χ2n) is 4.47. The van der Waals surface area contributed by atoms with E-state index >= 15 is 0 Å². The molecule has 0 fully saturated rings. The fourth-order valence-corrected chi connectivity index (χ4v) is 2.14. The van der Waals surface area contributed by atoms with Gasteiger partial charge < -0.3 is 10.1 Å². The summed E-state index contributed by atoms with van der Waals surface area (Å²) in [5.74, 6) is 1.45. The fraction of sp³-hybridized carbons (Fsp3) is 0.333. The number of halogens is 2. The Hall–Kier alpha value is -2.24. The van der Waals surface area contributed by atoms with E-state index in [9.17, 15) is 8.78 Å². The van der Waals surface area contributed by atoms with Crippen molar-refractivity contribution in [1.82, 2.24) is 9.97 Å². The van der Waals surface area contributed by atoms with E-state index in [1.165, 1.54) is 12.1 Å². The lowest BCUT2D eigenvalue weighted by molar-refractivity contribution is -0.0498. The molecule has 1 aromatic carbocycles. The van der Waals surface area contributed by atoms with Crippen LogP contribution in [0.5, 0.6) is 5.75 Å². The number of aryl methyl sites for hydroxylation is 1. The summed E-state index contributed by atoms with van der Waals surface area (Å²) in [6.07, 6.45) is 0.837. The number of benzene rings is 1. The summed E-state index contributed by atoms with van der Waals surface area (Å²) in [4.78, 5) is 8.95. The van der Waals surface area contributed by atoms with Gasteiger partial charge in [0.1, 0.15) is 11.6 Å². The standard InChI is InChI=1S/C15H17F2N3O/c1-4-12-9(2)19-13(20-14(12)18-3)10-5-7-11(8-6-10)21-15(16)17/h5-8,15H,4H2,1-3H3,(H,18,19,20). The molecular weight excluding hydrogens is 276 g/mol. The predicted octanol–water partition coefficient (Wildman–Crippen LogP) is 3.66. The third kappa shape index (κ3) is 3.45. The van der Waals surface area contributed by atoms with Gasteiger partial charge in [0.25, 0.3) is 0 Å². The maximum atomic E-state index is 12.1. The van der Waals surface area contributed by atoms with Gasteiger partial charge in [0.05, 0.1) is 0 Å². The quantitative estimate of drug-likeness (QED) is 0.914. The summed E-state index contributed by atoms with van der Waals surface area (Å²) >= 11 is 0. The minimum absolute atomic E-state index is 0.115. The highest BCUT2D eigenvalue weighted by atomic mass is 19.3. The van der Waals surface area contributed by atoms with Gasteiger partial charge in [0.15, 0.2) is 5.82 Å². The topological polar surface area (TPSA) is 47.0 Å². The Balaban J connectivity index is 2.35. The van der Waals surface area contributed by atoms with Crippen LogP contribution in [-0.2, 0) is 6.42 Å². The van der Waals surface area contributed by atoms with Crippen molar-refractivity contribution in [2.45, 2.75) is 26.9 Å². The average molecular weight is 293 g/mol. The van der Waals surface area contributed by atoms with E-state index < -0.39 is 6.61 Å². The van der Waals surface area contributed by atoms with Gasteiger partial charge in [-0.05, 0) is 37.6 Å². The van der Waals surface area contributed by atoms with Crippen LogP contribution in [0.25, 0.3) is 11.4 Å². The Morgan fingerprint density at radius 1 is 1.19 bits per heavy atom. The van der Waals surface area contributed by atoms with Crippen LogP contribution in [0, 0.1) is 6.92 Å². The molecule has 0 radical (unpaired) electrons. The van der Waals surface area contributed by atoms with Crippen LogP contribution >= 0.6 is 0 Å². The van der Waals surface area contributed by atoms with Gasteiger partial charge in [0.2, 0.25) is 0 Å². The summed E-state index contributed by atoms with van der Waals surface area (Å²) in [6, 6.07) is 6.29. The third-order valence-electron chi connectivity index (χ3n) is 3.14. The molecule has 0 spiro atoms. The SMILES string of the molecule is CCc1c(C)nc(-c2ccc(OC(F)F)cc2)nc1NC. The molecule has 112 valence electrons. The molecule has 6 heteroatoms. The summed E-state index contributed by atoms with van der Waals surface area (Å²) in [5.41, 5.74) is 2.72. The zero-order valence-electron chi connectivity index (χ0n) is 12.2. The minimum atomic E-state index is -2.82. The number of alkyl halides is 2. The molecule has 0 amide bonds. The number of nitrogens with zero attached hydrogens (tertiary/aromatic N) is 2. The molecule has 0 aliphatic rings. The molecular formula is C15H17F2N3O. The Bertz CT molecular complexity index is 615. The van der Waals surface area contributed by atoms with Crippen molar-refractivity contribution in [3.05, 3.63) is 35.5 Å². The number of hydrogen-bond acceptors (Lipinski definition) is 4. The molecule has 0 atom stereocenters. The highest BCUT2D eigenvalue weighted by Crippen LogP contribution is 2.24. The maximum Gasteiger partial charge on any atom is 0.387 e. The van der Waals surface area contributed by atoms with Crippen molar-refractivity contribution in [2.75, 3.05) is 12.4 Å². The van der Waals surface area contributed by atoms with Gasteiger partial charge in [-0.2, -0.15) is 8.78 Å². The Kier molecular flexibility index (Phi) is 4.67. The summed E-state index contributed by atoms with van der Waals surface area (Å²) in [6.45, 7) is 1.15. The summed E-state index contributed by atoms with van der Waals surface area (Å²) in [7, 11) is 1.81. The van der Waals surface area contributed by atoms with Gasteiger partial charge in [-0.15, -0.1) is 0 Å². The second-order valence-corrected chi connectivity index (χ2v) is 4.47. The molecule has 2 rings (SSSR count). The number of ether oxygens (including phenoxy) is 1. The number of anilines is 1. The van der Waals surface area contributed by atoms with Crippen molar-refractivity contribution in [3.63, 3.8) is 0 Å². The van der Waals surface area contributed by atoms with Gasteiger partial charge in [-0.3, -0.25) is 0 Å². The average Bonchev–Trinajstić information content (AvgIpc) is 2.46. The first kappa shape index (κ1) is 15.2. The lowest BCUT2D eigenvalue weighted by Crippen LogP contribution is -2.05. The maximum absolute atomic E-state index is 12.1. The molecule has 21 heavy (non-hydrogen) atoms. The number of hydrogen-bond donors (Lipinski definition) is 1. The van der Waals surface area contributed by atoms with Crippen LogP contribution in [0.1, 0.15) is 18.2 Å². The minimum Gasteiger partial charge on any atom is -0.435 e. The van der Waals surface area contributed by atoms with Crippen LogP contribution in [0.3, 0.4) is 0 Å². The Morgan fingerprint density at radius 2 is 1.86 bits per heavy atom. The molecule has 0 unspecified atom stereocenters. The van der Waals surface area contributed by atoms with Gasteiger partial charge in [0, 0.05) is 23.9 Å². The normalized spacial score (nSPS) is 10.8. The molecule has 4 nitrogen and oxygen atoms in total.